The van der Waals surface area contributed by atoms with E-state index in [-0.39, 0.29) is 6.29 Å². The summed E-state index contributed by atoms with van der Waals surface area (Å²) in [5.41, 5.74) is 0. The van der Waals surface area contributed by atoms with Crippen molar-refractivity contribution in [1.29, 1.82) is 0 Å². The van der Waals surface area contributed by atoms with E-state index in [9.17, 15) is 4.79 Å². The van der Waals surface area contributed by atoms with Crippen molar-refractivity contribution >= 4 is 6.41 Å². The maximum atomic E-state index is 10.3. The first-order chi connectivity index (χ1) is 5.28. The van der Waals surface area contributed by atoms with E-state index in [1.165, 1.54) is 0 Å². The van der Waals surface area contributed by atoms with E-state index in [1.807, 2.05) is 6.92 Å². The monoisotopic (exact) mass is 161 g/mol. The molecule has 1 amide bonds. The molecule has 0 aromatic carbocycles. The van der Waals surface area contributed by atoms with E-state index in [4.69, 9.17) is 9.47 Å². The van der Waals surface area contributed by atoms with Crippen LogP contribution < -0.4 is 0 Å². The van der Waals surface area contributed by atoms with Gasteiger partial charge in [0, 0.05) is 20.8 Å². The summed E-state index contributed by atoms with van der Waals surface area (Å²) in [6, 6.07) is 0. The minimum atomic E-state index is -0.319. The molecule has 0 radical (unpaired) electrons. The maximum absolute atomic E-state index is 10.3. The largest absolute Gasteiger partial charge is 0.354 e. The topological polar surface area (TPSA) is 38.8 Å². The van der Waals surface area contributed by atoms with Crippen LogP contribution in [-0.2, 0) is 14.3 Å². The van der Waals surface area contributed by atoms with E-state index in [2.05, 4.69) is 0 Å². The number of hydrogen-bond donors (Lipinski definition) is 0. The van der Waals surface area contributed by atoms with Gasteiger partial charge in [-0.15, -0.1) is 0 Å². The van der Waals surface area contributed by atoms with Crippen molar-refractivity contribution in [2.75, 3.05) is 27.3 Å². The van der Waals surface area contributed by atoms with Gasteiger partial charge in [-0.3, -0.25) is 4.79 Å². The molecule has 0 spiro atoms. The molecule has 0 saturated heterocycles. The molecule has 0 unspecified atom stereocenters. The average molecular weight is 161 g/mol. The minimum Gasteiger partial charge on any atom is -0.354 e. The van der Waals surface area contributed by atoms with Gasteiger partial charge in [0.15, 0.2) is 6.29 Å². The molecule has 4 nitrogen and oxygen atoms in total. The number of likely N-dealkylation sites (N-methyl/N-ethyl adjacent to an activating group) is 1. The van der Waals surface area contributed by atoms with Crippen molar-refractivity contribution in [3.05, 3.63) is 0 Å². The summed E-state index contributed by atoms with van der Waals surface area (Å²) in [5.74, 6) is 0. The molecule has 4 heteroatoms. The highest BCUT2D eigenvalue weighted by Crippen LogP contribution is 1.93. The molecule has 0 aliphatic rings. The number of ether oxygens (including phenoxy) is 2. The molecule has 0 aliphatic heterocycles. The first-order valence-corrected chi connectivity index (χ1v) is 3.53. The van der Waals surface area contributed by atoms with Gasteiger partial charge >= 0.3 is 0 Å². The van der Waals surface area contributed by atoms with Gasteiger partial charge in [0.1, 0.15) is 0 Å². The van der Waals surface area contributed by atoms with E-state index in [0.717, 1.165) is 6.41 Å². The Hall–Kier alpha value is -0.610. The second kappa shape index (κ2) is 6.12. The molecule has 11 heavy (non-hydrogen) atoms. The van der Waals surface area contributed by atoms with E-state index in [0.29, 0.717) is 13.1 Å². The van der Waals surface area contributed by atoms with E-state index in [1.54, 1.807) is 19.1 Å². The number of hydrogen-bond acceptors (Lipinski definition) is 3. The smallest absolute Gasteiger partial charge is 0.209 e. The lowest BCUT2D eigenvalue weighted by Crippen LogP contribution is -2.33. The number of rotatable bonds is 6. The predicted molar refractivity (Wildman–Crippen MR) is 41.1 cm³/mol. The lowest BCUT2D eigenvalue weighted by Gasteiger charge is -2.20. The van der Waals surface area contributed by atoms with Crippen LogP contribution in [0.2, 0.25) is 0 Å². The van der Waals surface area contributed by atoms with Crippen LogP contribution in [0.5, 0.6) is 0 Å². The summed E-state index contributed by atoms with van der Waals surface area (Å²) in [4.78, 5) is 11.9. The zero-order chi connectivity index (χ0) is 8.69. The normalized spacial score (nSPS) is 10.2. The second-order valence-electron chi connectivity index (χ2n) is 2.09. The summed E-state index contributed by atoms with van der Waals surface area (Å²) < 4.78 is 9.82. The summed E-state index contributed by atoms with van der Waals surface area (Å²) in [5, 5.41) is 0. The molecular formula is C7H15NO3. The van der Waals surface area contributed by atoms with Crippen molar-refractivity contribution in [1.82, 2.24) is 4.90 Å². The van der Waals surface area contributed by atoms with Gasteiger partial charge in [-0.2, -0.15) is 0 Å². The SMILES string of the molecule is CCN(C=O)CC(OC)OC. The second-order valence-corrected chi connectivity index (χ2v) is 2.09. The summed E-state index contributed by atoms with van der Waals surface area (Å²) in [6.07, 6.45) is 0.463. The molecule has 0 fully saturated rings. The lowest BCUT2D eigenvalue weighted by molar-refractivity contribution is -0.134. The lowest BCUT2D eigenvalue weighted by atomic mass is 10.5. The van der Waals surface area contributed by atoms with Crippen LogP contribution in [0.4, 0.5) is 0 Å². The van der Waals surface area contributed by atoms with Crippen LogP contribution in [-0.4, -0.2) is 44.9 Å². The fraction of sp³-hybridized carbons (Fsp3) is 0.857. The molecule has 0 rings (SSSR count). The standard InChI is InChI=1S/C7H15NO3/c1-4-8(6-9)5-7(10-2)11-3/h6-7H,4-5H2,1-3H3. The van der Waals surface area contributed by atoms with Gasteiger partial charge < -0.3 is 14.4 Å². The third-order valence-corrected chi connectivity index (χ3v) is 1.46. The predicted octanol–water partition coefficient (Wildman–Crippen LogP) is 0.0836. The Kier molecular flexibility index (Phi) is 5.78. The Balaban J connectivity index is 3.67. The minimum absolute atomic E-state index is 0.319. The molecule has 66 valence electrons. The number of carbonyl (C=O) groups excluding carboxylic acids is 1. The Bertz CT molecular complexity index is 104. The van der Waals surface area contributed by atoms with Gasteiger partial charge in [-0.1, -0.05) is 0 Å². The third-order valence-electron chi connectivity index (χ3n) is 1.46. The molecule has 0 aliphatic carbocycles. The number of nitrogens with zero attached hydrogens (tertiary/aromatic N) is 1. The van der Waals surface area contributed by atoms with Crippen molar-refractivity contribution in [2.45, 2.75) is 13.2 Å². The number of carbonyl (C=O) groups is 1. The maximum Gasteiger partial charge on any atom is 0.209 e. The van der Waals surface area contributed by atoms with Crippen molar-refractivity contribution in [3.63, 3.8) is 0 Å². The number of methoxy groups -OCH3 is 2. The fourth-order valence-electron chi connectivity index (χ4n) is 0.683. The van der Waals surface area contributed by atoms with Gasteiger partial charge in [0.05, 0.1) is 6.54 Å². The molecule has 0 bridgehead atoms. The van der Waals surface area contributed by atoms with Crippen LogP contribution >= 0.6 is 0 Å². The number of amides is 1. The Morgan fingerprint density at radius 2 is 2.00 bits per heavy atom. The summed E-state index contributed by atoms with van der Waals surface area (Å²) in [6.45, 7) is 3.05. The Morgan fingerprint density at radius 3 is 2.27 bits per heavy atom. The van der Waals surface area contributed by atoms with Gasteiger partial charge in [-0.25, -0.2) is 0 Å². The van der Waals surface area contributed by atoms with Crippen molar-refractivity contribution in [3.8, 4) is 0 Å². The quantitative estimate of drug-likeness (QED) is 0.409. The van der Waals surface area contributed by atoms with Gasteiger partial charge in [0.2, 0.25) is 6.41 Å². The highest BCUT2D eigenvalue weighted by atomic mass is 16.7. The van der Waals surface area contributed by atoms with Crippen LogP contribution in [0.3, 0.4) is 0 Å². The molecule has 0 atom stereocenters. The molecule has 0 aromatic heterocycles. The van der Waals surface area contributed by atoms with Gasteiger partial charge in [0.25, 0.3) is 0 Å². The van der Waals surface area contributed by atoms with Crippen molar-refractivity contribution in [2.24, 2.45) is 0 Å². The van der Waals surface area contributed by atoms with Gasteiger partial charge in [-0.05, 0) is 6.92 Å². The summed E-state index contributed by atoms with van der Waals surface area (Å²) >= 11 is 0. The Morgan fingerprint density at radius 1 is 1.45 bits per heavy atom. The van der Waals surface area contributed by atoms with Crippen LogP contribution in [0.15, 0.2) is 0 Å². The van der Waals surface area contributed by atoms with Crippen LogP contribution in [0, 0.1) is 0 Å². The molecule has 0 saturated carbocycles. The van der Waals surface area contributed by atoms with E-state index < -0.39 is 0 Å². The van der Waals surface area contributed by atoms with Crippen LogP contribution in [0.25, 0.3) is 0 Å². The molecule has 0 N–H and O–H groups in total. The first-order valence-electron chi connectivity index (χ1n) is 3.53. The first kappa shape index (κ1) is 10.4. The zero-order valence-electron chi connectivity index (χ0n) is 7.24. The average Bonchev–Trinajstić information content (AvgIpc) is 2.07. The third kappa shape index (κ3) is 3.95. The molecule has 0 aromatic rings. The highest BCUT2D eigenvalue weighted by Gasteiger charge is 2.08. The summed E-state index contributed by atoms with van der Waals surface area (Å²) in [7, 11) is 3.10. The van der Waals surface area contributed by atoms with Crippen LogP contribution in [0.1, 0.15) is 6.92 Å². The zero-order valence-corrected chi connectivity index (χ0v) is 7.24. The highest BCUT2D eigenvalue weighted by molar-refractivity contribution is 5.46. The van der Waals surface area contributed by atoms with E-state index >= 15 is 0 Å². The van der Waals surface area contributed by atoms with Crippen molar-refractivity contribution < 1.29 is 14.3 Å². The Labute approximate surface area is 67.1 Å². The fourth-order valence-corrected chi connectivity index (χ4v) is 0.683. The molecule has 0 heterocycles. The molecular weight excluding hydrogens is 146 g/mol.